The van der Waals surface area contributed by atoms with Gasteiger partial charge in [-0.3, -0.25) is 9.69 Å². The first kappa shape index (κ1) is 14.3. The summed E-state index contributed by atoms with van der Waals surface area (Å²) in [5.41, 5.74) is 1.88. The second-order valence-corrected chi connectivity index (χ2v) is 6.12. The van der Waals surface area contributed by atoms with E-state index < -0.39 is 0 Å². The Morgan fingerprint density at radius 2 is 2.17 bits per heavy atom. The monoisotopic (exact) mass is 372 g/mol. The number of halogens is 1. The zero-order valence-corrected chi connectivity index (χ0v) is 14.0. The summed E-state index contributed by atoms with van der Waals surface area (Å²) in [6.45, 7) is 0.604. The molecule has 0 saturated carbocycles. The molecule has 3 heterocycles. The molecule has 0 saturated heterocycles. The standard InChI is InChI=1S/C17H13BrN2O3/c1-22-12-3-2-10-8-11-6-7-20(16(11)19-13(10)9-12)17(21)14-4-5-15(18)23-14/h2-5,8-9H,6-7H2,1H3. The van der Waals surface area contributed by atoms with Gasteiger partial charge in [-0.2, -0.15) is 0 Å². The number of ether oxygens (including phenoxy) is 1. The first-order valence-corrected chi connectivity index (χ1v) is 8.00. The molecular weight excluding hydrogens is 360 g/mol. The van der Waals surface area contributed by atoms with E-state index in [1.54, 1.807) is 24.1 Å². The lowest BCUT2D eigenvalue weighted by molar-refractivity contribution is 0.0961. The van der Waals surface area contributed by atoms with Gasteiger partial charge in [0.25, 0.3) is 5.91 Å². The van der Waals surface area contributed by atoms with Gasteiger partial charge in [0.05, 0.1) is 12.6 Å². The van der Waals surface area contributed by atoms with Crippen molar-refractivity contribution >= 4 is 38.6 Å². The van der Waals surface area contributed by atoms with Crippen LogP contribution in [0.1, 0.15) is 16.1 Å². The van der Waals surface area contributed by atoms with Crippen LogP contribution in [0.2, 0.25) is 0 Å². The lowest BCUT2D eigenvalue weighted by Crippen LogP contribution is -2.29. The molecule has 6 heteroatoms. The molecule has 1 aliphatic heterocycles. The molecule has 2 aromatic heterocycles. The minimum Gasteiger partial charge on any atom is -0.497 e. The first-order chi connectivity index (χ1) is 11.2. The van der Waals surface area contributed by atoms with Crippen molar-refractivity contribution in [2.24, 2.45) is 0 Å². The molecule has 0 atom stereocenters. The largest absolute Gasteiger partial charge is 0.497 e. The lowest BCUT2D eigenvalue weighted by atomic mass is 10.1. The van der Waals surface area contributed by atoms with E-state index in [1.807, 2.05) is 18.2 Å². The van der Waals surface area contributed by atoms with Crippen molar-refractivity contribution < 1.29 is 13.9 Å². The summed E-state index contributed by atoms with van der Waals surface area (Å²) in [6, 6.07) is 11.2. The van der Waals surface area contributed by atoms with Gasteiger partial charge in [-0.15, -0.1) is 0 Å². The number of carbonyl (C=O) groups excluding carboxylic acids is 1. The molecule has 23 heavy (non-hydrogen) atoms. The second-order valence-electron chi connectivity index (χ2n) is 5.34. The van der Waals surface area contributed by atoms with Gasteiger partial charge >= 0.3 is 0 Å². The number of amides is 1. The Kier molecular flexibility index (Phi) is 3.34. The summed E-state index contributed by atoms with van der Waals surface area (Å²) >= 11 is 3.22. The normalized spacial score (nSPS) is 13.4. The Balaban J connectivity index is 1.77. The quantitative estimate of drug-likeness (QED) is 0.686. The molecule has 0 aliphatic carbocycles. The Bertz CT molecular complexity index is 919. The highest BCUT2D eigenvalue weighted by atomic mass is 79.9. The van der Waals surface area contributed by atoms with E-state index in [9.17, 15) is 4.79 Å². The Hall–Kier alpha value is -2.34. The van der Waals surface area contributed by atoms with Crippen LogP contribution in [0.15, 0.2) is 45.5 Å². The van der Waals surface area contributed by atoms with Crippen LogP contribution in [0, 0.1) is 0 Å². The van der Waals surface area contributed by atoms with E-state index >= 15 is 0 Å². The number of rotatable bonds is 2. The van der Waals surface area contributed by atoms with Crippen LogP contribution in [-0.4, -0.2) is 24.5 Å². The van der Waals surface area contributed by atoms with Crippen molar-refractivity contribution in [3.05, 3.63) is 52.4 Å². The smallest absolute Gasteiger partial charge is 0.295 e. The van der Waals surface area contributed by atoms with Crippen LogP contribution in [-0.2, 0) is 6.42 Å². The fourth-order valence-electron chi connectivity index (χ4n) is 2.82. The van der Waals surface area contributed by atoms with E-state index in [0.29, 0.717) is 22.8 Å². The lowest BCUT2D eigenvalue weighted by Gasteiger charge is -2.15. The molecule has 0 unspecified atom stereocenters. The SMILES string of the molecule is COc1ccc2cc3c(nc2c1)N(C(=O)c1ccc(Br)o1)CC3. The Labute approximate surface area is 141 Å². The predicted molar refractivity (Wildman–Crippen MR) is 90.1 cm³/mol. The molecule has 1 aromatic carbocycles. The number of hydrogen-bond acceptors (Lipinski definition) is 4. The van der Waals surface area contributed by atoms with E-state index in [4.69, 9.17) is 9.15 Å². The van der Waals surface area contributed by atoms with Crippen molar-refractivity contribution in [3.63, 3.8) is 0 Å². The molecule has 1 aliphatic rings. The number of pyridine rings is 1. The number of fused-ring (bicyclic) bond motifs is 2. The van der Waals surface area contributed by atoms with Crippen molar-refractivity contribution in [1.82, 2.24) is 4.98 Å². The number of hydrogen-bond donors (Lipinski definition) is 0. The van der Waals surface area contributed by atoms with Crippen molar-refractivity contribution in [1.29, 1.82) is 0 Å². The van der Waals surface area contributed by atoms with Gasteiger partial charge in [0.1, 0.15) is 11.6 Å². The van der Waals surface area contributed by atoms with Crippen molar-refractivity contribution in [2.45, 2.75) is 6.42 Å². The van der Waals surface area contributed by atoms with Gasteiger partial charge in [-0.25, -0.2) is 4.98 Å². The van der Waals surface area contributed by atoms with Gasteiger partial charge < -0.3 is 9.15 Å². The van der Waals surface area contributed by atoms with Gasteiger partial charge in [0, 0.05) is 18.0 Å². The maximum Gasteiger partial charge on any atom is 0.295 e. The third-order valence-electron chi connectivity index (χ3n) is 3.97. The zero-order valence-electron chi connectivity index (χ0n) is 12.4. The molecule has 1 amide bonds. The van der Waals surface area contributed by atoms with Crippen LogP contribution in [0.3, 0.4) is 0 Å². The van der Waals surface area contributed by atoms with Crippen LogP contribution in [0.25, 0.3) is 10.9 Å². The molecule has 0 radical (unpaired) electrons. The minimum atomic E-state index is -0.177. The average molecular weight is 373 g/mol. The number of methoxy groups -OCH3 is 1. The first-order valence-electron chi connectivity index (χ1n) is 7.20. The number of furan rings is 1. The molecule has 0 fully saturated rings. The van der Waals surface area contributed by atoms with Crippen LogP contribution >= 0.6 is 15.9 Å². The molecular formula is C17H13BrN2O3. The summed E-state index contributed by atoms with van der Waals surface area (Å²) in [6.07, 6.45) is 0.790. The average Bonchev–Trinajstić information content (AvgIpc) is 3.17. The van der Waals surface area contributed by atoms with Crippen LogP contribution < -0.4 is 9.64 Å². The van der Waals surface area contributed by atoms with Gasteiger partial charge in [-0.05, 0) is 58.2 Å². The molecule has 5 nitrogen and oxygen atoms in total. The molecule has 4 rings (SSSR count). The number of benzene rings is 1. The molecule has 0 N–H and O–H groups in total. The number of nitrogens with zero attached hydrogens (tertiary/aromatic N) is 2. The number of aromatic nitrogens is 1. The van der Waals surface area contributed by atoms with Crippen molar-refractivity contribution in [3.8, 4) is 5.75 Å². The molecule has 116 valence electrons. The molecule has 3 aromatic rings. The van der Waals surface area contributed by atoms with Crippen molar-refractivity contribution in [2.75, 3.05) is 18.6 Å². The number of carbonyl (C=O) groups is 1. The maximum absolute atomic E-state index is 12.6. The zero-order chi connectivity index (χ0) is 16.0. The molecule has 0 spiro atoms. The predicted octanol–water partition coefficient (Wildman–Crippen LogP) is 3.80. The highest BCUT2D eigenvalue weighted by Crippen LogP contribution is 2.32. The minimum absolute atomic E-state index is 0.177. The topological polar surface area (TPSA) is 55.6 Å². The maximum atomic E-state index is 12.6. The summed E-state index contributed by atoms with van der Waals surface area (Å²) in [5.74, 6) is 1.57. The summed E-state index contributed by atoms with van der Waals surface area (Å²) in [7, 11) is 1.62. The van der Waals surface area contributed by atoms with E-state index in [0.717, 1.165) is 28.6 Å². The Morgan fingerprint density at radius 1 is 1.30 bits per heavy atom. The van der Waals surface area contributed by atoms with Gasteiger partial charge in [-0.1, -0.05) is 0 Å². The second kappa shape index (κ2) is 5.38. The summed E-state index contributed by atoms with van der Waals surface area (Å²) < 4.78 is 11.2. The van der Waals surface area contributed by atoms with Crippen LogP contribution in [0.5, 0.6) is 5.75 Å². The third kappa shape index (κ3) is 2.39. The highest BCUT2D eigenvalue weighted by Gasteiger charge is 2.29. The fraction of sp³-hybridized carbons (Fsp3) is 0.176. The van der Waals surface area contributed by atoms with Gasteiger partial charge in [0.15, 0.2) is 10.4 Å². The van der Waals surface area contributed by atoms with Crippen LogP contribution in [0.4, 0.5) is 5.82 Å². The fourth-order valence-corrected chi connectivity index (χ4v) is 3.13. The summed E-state index contributed by atoms with van der Waals surface area (Å²) in [4.78, 5) is 19.0. The molecule has 0 bridgehead atoms. The van der Waals surface area contributed by atoms with Gasteiger partial charge in [0.2, 0.25) is 0 Å². The number of anilines is 1. The van der Waals surface area contributed by atoms with E-state index in [2.05, 4.69) is 27.0 Å². The Morgan fingerprint density at radius 3 is 2.91 bits per heavy atom. The third-order valence-corrected chi connectivity index (χ3v) is 4.40. The summed E-state index contributed by atoms with van der Waals surface area (Å²) in [5, 5.41) is 1.04. The highest BCUT2D eigenvalue weighted by molar-refractivity contribution is 9.10. The van der Waals surface area contributed by atoms with E-state index in [-0.39, 0.29) is 5.91 Å². The van der Waals surface area contributed by atoms with E-state index in [1.165, 1.54) is 0 Å².